The first-order valence-electron chi connectivity index (χ1n) is 6.58. The molecular formula is C13H17BrN4O3. The first-order chi connectivity index (χ1) is 9.90. The van der Waals surface area contributed by atoms with Crippen LogP contribution in [0.15, 0.2) is 16.7 Å². The van der Waals surface area contributed by atoms with Crippen molar-refractivity contribution in [1.82, 2.24) is 20.1 Å². The van der Waals surface area contributed by atoms with Gasteiger partial charge in [-0.15, -0.1) is 0 Å². The summed E-state index contributed by atoms with van der Waals surface area (Å²) < 4.78 is 2.58. The lowest BCUT2D eigenvalue weighted by molar-refractivity contribution is -0.126. The lowest BCUT2D eigenvalue weighted by Crippen LogP contribution is -2.31. The summed E-state index contributed by atoms with van der Waals surface area (Å²) in [6.45, 7) is 0.449. The van der Waals surface area contributed by atoms with Crippen LogP contribution in [0, 0.1) is 0 Å². The molecule has 2 N–H and O–H groups in total. The van der Waals surface area contributed by atoms with Crippen molar-refractivity contribution in [3.8, 4) is 0 Å². The zero-order valence-corrected chi connectivity index (χ0v) is 13.4. The molecule has 0 unspecified atom stereocenters. The Morgan fingerprint density at radius 2 is 2.14 bits per heavy atom. The Bertz CT molecular complexity index is 584. The lowest BCUT2D eigenvalue weighted by Gasteiger charge is -2.09. The quantitative estimate of drug-likeness (QED) is 0.605. The minimum absolute atomic E-state index is 0.165. The van der Waals surface area contributed by atoms with Crippen molar-refractivity contribution < 1.29 is 14.4 Å². The molecule has 114 valence electrons. The van der Waals surface area contributed by atoms with Gasteiger partial charge in [0, 0.05) is 31.3 Å². The molecule has 1 atom stereocenters. The summed E-state index contributed by atoms with van der Waals surface area (Å²) in [7, 11) is 3.24. The van der Waals surface area contributed by atoms with Crippen LogP contribution in [0.5, 0.6) is 0 Å². The van der Waals surface area contributed by atoms with Gasteiger partial charge in [-0.05, 0) is 34.8 Å². The number of likely N-dealkylation sites (N-methyl/N-ethyl adjacent to an activating group) is 1. The highest BCUT2D eigenvalue weighted by atomic mass is 79.9. The highest BCUT2D eigenvalue weighted by molar-refractivity contribution is 9.10. The summed E-state index contributed by atoms with van der Waals surface area (Å²) in [5.74, 6) is -0.389. The van der Waals surface area contributed by atoms with Crippen LogP contribution >= 0.6 is 15.9 Å². The van der Waals surface area contributed by atoms with Gasteiger partial charge in [-0.1, -0.05) is 0 Å². The molecule has 0 saturated carbocycles. The predicted molar refractivity (Wildman–Crippen MR) is 79.8 cm³/mol. The van der Waals surface area contributed by atoms with E-state index in [1.807, 2.05) is 0 Å². The molecule has 1 aromatic rings. The number of hydrogen-bond acceptors (Lipinski definition) is 3. The van der Waals surface area contributed by atoms with Gasteiger partial charge in [-0.25, -0.2) is 4.79 Å². The molecule has 0 aliphatic carbocycles. The minimum atomic E-state index is -0.483. The van der Waals surface area contributed by atoms with Crippen molar-refractivity contribution in [2.75, 3.05) is 13.6 Å². The predicted octanol–water partition coefficient (Wildman–Crippen LogP) is 0.848. The Labute approximate surface area is 130 Å². The first-order valence-corrected chi connectivity index (χ1v) is 7.37. The van der Waals surface area contributed by atoms with E-state index in [1.54, 1.807) is 23.9 Å². The third-order valence-corrected chi connectivity index (χ3v) is 3.82. The molecule has 1 aliphatic rings. The molecule has 1 saturated heterocycles. The Hall–Kier alpha value is -1.83. The number of carbonyl (C=O) groups is 3. The van der Waals surface area contributed by atoms with Crippen molar-refractivity contribution in [1.29, 1.82) is 0 Å². The Morgan fingerprint density at radius 3 is 2.67 bits per heavy atom. The summed E-state index contributed by atoms with van der Waals surface area (Å²) >= 11 is 3.31. The van der Waals surface area contributed by atoms with E-state index in [1.165, 1.54) is 7.05 Å². The van der Waals surface area contributed by atoms with Gasteiger partial charge in [-0.3, -0.25) is 14.5 Å². The molecule has 7 nitrogen and oxygen atoms in total. The van der Waals surface area contributed by atoms with Crippen LogP contribution in [0.2, 0.25) is 0 Å². The smallest absolute Gasteiger partial charge is 0.324 e. The number of rotatable bonds is 5. The highest BCUT2D eigenvalue weighted by Gasteiger charge is 2.34. The van der Waals surface area contributed by atoms with E-state index in [4.69, 9.17) is 0 Å². The van der Waals surface area contributed by atoms with Crippen LogP contribution in [-0.4, -0.2) is 46.9 Å². The molecule has 0 spiro atoms. The van der Waals surface area contributed by atoms with Gasteiger partial charge in [0.05, 0.1) is 0 Å². The number of imide groups is 1. The number of hydrogen-bond donors (Lipinski definition) is 2. The average molecular weight is 357 g/mol. The standard InChI is InChI=1S/C13H17BrN4O3/c1-17-7-8(14)6-10(17)11(19)15-5-3-4-9-12(20)18(2)13(21)16-9/h6-7,9H,3-5H2,1-2H3,(H,15,19)(H,16,21)/t9-/m1/s1. The van der Waals surface area contributed by atoms with Crippen LogP contribution in [0.4, 0.5) is 4.79 Å². The molecule has 21 heavy (non-hydrogen) atoms. The summed E-state index contributed by atoms with van der Waals surface area (Å²) in [5.41, 5.74) is 0.562. The van der Waals surface area contributed by atoms with Gasteiger partial charge < -0.3 is 15.2 Å². The molecule has 1 aliphatic heterocycles. The van der Waals surface area contributed by atoms with Crippen LogP contribution in [0.25, 0.3) is 0 Å². The first kappa shape index (κ1) is 15.6. The number of halogens is 1. The number of urea groups is 1. The topological polar surface area (TPSA) is 83.4 Å². The monoisotopic (exact) mass is 356 g/mol. The van der Waals surface area contributed by atoms with E-state index in [0.717, 1.165) is 9.37 Å². The molecule has 1 fully saturated rings. The molecule has 4 amide bonds. The van der Waals surface area contributed by atoms with E-state index in [2.05, 4.69) is 26.6 Å². The SMILES string of the molecule is CN1C(=O)N[C@H](CCCNC(=O)c2cc(Br)cn2C)C1=O. The highest BCUT2D eigenvalue weighted by Crippen LogP contribution is 2.13. The van der Waals surface area contributed by atoms with E-state index in [0.29, 0.717) is 25.1 Å². The molecular weight excluding hydrogens is 340 g/mol. The summed E-state index contributed by atoms with van der Waals surface area (Å²) in [6.07, 6.45) is 2.92. The molecule has 0 aromatic carbocycles. The fourth-order valence-corrected chi connectivity index (χ4v) is 2.71. The number of aryl methyl sites for hydroxylation is 1. The lowest BCUT2D eigenvalue weighted by atomic mass is 10.1. The van der Waals surface area contributed by atoms with E-state index in [-0.39, 0.29) is 17.8 Å². The van der Waals surface area contributed by atoms with E-state index < -0.39 is 6.04 Å². The summed E-state index contributed by atoms with van der Waals surface area (Å²) in [5, 5.41) is 5.40. The maximum atomic E-state index is 11.9. The molecule has 0 bridgehead atoms. The molecule has 2 rings (SSSR count). The normalized spacial score (nSPS) is 18.0. The van der Waals surface area contributed by atoms with Crippen molar-refractivity contribution in [2.24, 2.45) is 7.05 Å². The Kier molecular flexibility index (Phi) is 4.66. The zero-order valence-electron chi connectivity index (χ0n) is 11.9. The van der Waals surface area contributed by atoms with Gasteiger partial charge in [0.2, 0.25) is 0 Å². The molecule has 0 radical (unpaired) electrons. The number of aromatic nitrogens is 1. The van der Waals surface area contributed by atoms with Crippen molar-refractivity contribution in [3.05, 3.63) is 22.4 Å². The van der Waals surface area contributed by atoms with Gasteiger partial charge >= 0.3 is 6.03 Å². The van der Waals surface area contributed by atoms with Gasteiger partial charge in [0.1, 0.15) is 11.7 Å². The average Bonchev–Trinajstić information content (AvgIpc) is 2.89. The van der Waals surface area contributed by atoms with Gasteiger partial charge in [0.15, 0.2) is 0 Å². The van der Waals surface area contributed by atoms with Crippen molar-refractivity contribution in [2.45, 2.75) is 18.9 Å². The Balaban J connectivity index is 1.75. The van der Waals surface area contributed by atoms with Crippen LogP contribution in [0.3, 0.4) is 0 Å². The number of nitrogens with zero attached hydrogens (tertiary/aromatic N) is 2. The minimum Gasteiger partial charge on any atom is -0.351 e. The Morgan fingerprint density at radius 1 is 1.43 bits per heavy atom. The second kappa shape index (κ2) is 6.30. The second-order valence-corrected chi connectivity index (χ2v) is 5.87. The van der Waals surface area contributed by atoms with Crippen molar-refractivity contribution in [3.63, 3.8) is 0 Å². The largest absolute Gasteiger partial charge is 0.351 e. The van der Waals surface area contributed by atoms with Gasteiger partial charge in [-0.2, -0.15) is 0 Å². The fraction of sp³-hybridized carbons (Fsp3) is 0.462. The third-order valence-electron chi connectivity index (χ3n) is 3.39. The van der Waals surface area contributed by atoms with E-state index >= 15 is 0 Å². The van der Waals surface area contributed by atoms with Crippen molar-refractivity contribution >= 4 is 33.8 Å². The molecule has 8 heteroatoms. The third kappa shape index (κ3) is 3.44. The maximum absolute atomic E-state index is 11.9. The molecule has 1 aromatic heterocycles. The van der Waals surface area contributed by atoms with Crippen LogP contribution in [0.1, 0.15) is 23.3 Å². The second-order valence-electron chi connectivity index (χ2n) is 4.95. The van der Waals surface area contributed by atoms with Gasteiger partial charge in [0.25, 0.3) is 11.8 Å². The van der Waals surface area contributed by atoms with Crippen LogP contribution < -0.4 is 10.6 Å². The zero-order chi connectivity index (χ0) is 15.6. The number of nitrogens with one attached hydrogen (secondary N) is 2. The van der Waals surface area contributed by atoms with Crippen LogP contribution in [-0.2, 0) is 11.8 Å². The molecule has 2 heterocycles. The van der Waals surface area contributed by atoms with E-state index in [9.17, 15) is 14.4 Å². The fourth-order valence-electron chi connectivity index (χ4n) is 2.19. The summed E-state index contributed by atoms with van der Waals surface area (Å²) in [6, 6.07) is 0.886. The summed E-state index contributed by atoms with van der Waals surface area (Å²) in [4.78, 5) is 36.0. The number of amides is 4. The maximum Gasteiger partial charge on any atom is 0.324 e. The number of carbonyl (C=O) groups excluding carboxylic acids is 3.